The van der Waals surface area contributed by atoms with Crippen molar-refractivity contribution in [2.24, 2.45) is 0 Å². The number of nitrogen functional groups attached to an aromatic ring is 1. The van der Waals surface area contributed by atoms with Gasteiger partial charge in [-0.3, -0.25) is 0 Å². The molecule has 0 aliphatic rings. The van der Waals surface area contributed by atoms with Gasteiger partial charge in [-0.15, -0.1) is 0 Å². The van der Waals surface area contributed by atoms with Crippen LogP contribution in [-0.2, 0) is 4.79 Å². The number of carboxylic acid groups (broad SMARTS) is 1. The highest BCUT2D eigenvalue weighted by atomic mass is 35.5. The number of ether oxygens (including phenoxy) is 1. The van der Waals surface area contributed by atoms with E-state index in [1.165, 1.54) is 12.1 Å². The lowest BCUT2D eigenvalue weighted by Crippen LogP contribution is -2.27. The summed E-state index contributed by atoms with van der Waals surface area (Å²) in [5, 5.41) is 9.53. The Morgan fingerprint density at radius 3 is 2.59 bits per heavy atom. The van der Waals surface area contributed by atoms with Crippen molar-refractivity contribution in [2.45, 2.75) is 25.9 Å². The summed E-state index contributed by atoms with van der Waals surface area (Å²) in [5.41, 5.74) is 5.94. The molecule has 6 heteroatoms. The number of rotatable bonds is 5. The minimum absolute atomic E-state index is 0.236. The summed E-state index contributed by atoms with van der Waals surface area (Å²) in [6.07, 6.45) is 0.160. The second-order valence-corrected chi connectivity index (χ2v) is 4.35. The number of carbonyl (C=O) groups is 1. The lowest BCUT2D eigenvalue weighted by molar-refractivity contribution is -0.145. The first-order chi connectivity index (χ1) is 7.95. The summed E-state index contributed by atoms with van der Waals surface area (Å²) in [5.74, 6) is -0.794. The van der Waals surface area contributed by atoms with Crippen molar-refractivity contribution < 1.29 is 14.6 Å². The second-order valence-electron chi connectivity index (χ2n) is 3.54. The number of aliphatic carboxylic acids is 1. The Bertz CT molecular complexity index is 423. The van der Waals surface area contributed by atoms with Gasteiger partial charge in [0, 0.05) is 6.07 Å². The molecule has 0 aliphatic carbocycles. The summed E-state index contributed by atoms with van der Waals surface area (Å²) in [6.45, 7) is 1.87. The van der Waals surface area contributed by atoms with Crippen LogP contribution in [0.1, 0.15) is 19.8 Å². The van der Waals surface area contributed by atoms with Crippen molar-refractivity contribution in [1.82, 2.24) is 0 Å². The zero-order valence-electron chi connectivity index (χ0n) is 9.24. The molecule has 94 valence electrons. The third kappa shape index (κ3) is 3.68. The molecular formula is C11H13Cl2NO3. The van der Waals surface area contributed by atoms with Gasteiger partial charge >= 0.3 is 5.97 Å². The summed E-state index contributed by atoms with van der Waals surface area (Å²) in [4.78, 5) is 10.9. The first-order valence-corrected chi connectivity index (χ1v) is 5.85. The Labute approximate surface area is 109 Å². The molecule has 1 atom stereocenters. The third-order valence-corrected chi connectivity index (χ3v) is 2.87. The van der Waals surface area contributed by atoms with Crippen molar-refractivity contribution in [2.75, 3.05) is 5.73 Å². The van der Waals surface area contributed by atoms with Crippen LogP contribution in [0.15, 0.2) is 12.1 Å². The van der Waals surface area contributed by atoms with Crippen molar-refractivity contribution in [1.29, 1.82) is 0 Å². The van der Waals surface area contributed by atoms with Crippen molar-refractivity contribution >= 4 is 34.9 Å². The summed E-state index contributed by atoms with van der Waals surface area (Å²) < 4.78 is 5.32. The predicted molar refractivity (Wildman–Crippen MR) is 67.8 cm³/mol. The molecule has 1 rings (SSSR count). The van der Waals surface area contributed by atoms with Crippen LogP contribution in [0.5, 0.6) is 5.75 Å². The van der Waals surface area contributed by atoms with Crippen LogP contribution in [0.2, 0.25) is 10.0 Å². The van der Waals surface area contributed by atoms with Crippen LogP contribution in [0.4, 0.5) is 5.69 Å². The van der Waals surface area contributed by atoms with Crippen molar-refractivity contribution in [3.63, 3.8) is 0 Å². The van der Waals surface area contributed by atoms with Crippen LogP contribution in [0.25, 0.3) is 0 Å². The average Bonchev–Trinajstić information content (AvgIpc) is 2.24. The highest BCUT2D eigenvalue weighted by Crippen LogP contribution is 2.33. The molecule has 3 N–H and O–H groups in total. The van der Waals surface area contributed by atoms with Crippen LogP contribution in [-0.4, -0.2) is 17.2 Å². The molecule has 17 heavy (non-hydrogen) atoms. The number of anilines is 1. The van der Waals surface area contributed by atoms with Crippen LogP contribution in [0, 0.1) is 0 Å². The molecule has 0 fully saturated rings. The van der Waals surface area contributed by atoms with Gasteiger partial charge in [-0.1, -0.05) is 36.5 Å². The van der Waals surface area contributed by atoms with E-state index in [0.717, 1.165) is 0 Å². The number of hydrogen-bond donors (Lipinski definition) is 2. The predicted octanol–water partition coefficient (Wildman–Crippen LogP) is 3.21. The van der Waals surface area contributed by atoms with Gasteiger partial charge < -0.3 is 15.6 Å². The molecule has 0 bridgehead atoms. The Morgan fingerprint density at radius 2 is 2.06 bits per heavy atom. The van der Waals surface area contributed by atoms with E-state index < -0.39 is 12.1 Å². The van der Waals surface area contributed by atoms with Gasteiger partial charge in [0.1, 0.15) is 5.75 Å². The Morgan fingerprint density at radius 1 is 1.47 bits per heavy atom. The van der Waals surface area contributed by atoms with E-state index >= 15 is 0 Å². The quantitative estimate of drug-likeness (QED) is 0.811. The fourth-order valence-corrected chi connectivity index (χ4v) is 1.62. The molecule has 0 heterocycles. The van der Waals surface area contributed by atoms with Gasteiger partial charge in [-0.05, 0) is 12.5 Å². The van der Waals surface area contributed by atoms with Crippen molar-refractivity contribution in [3.8, 4) is 5.75 Å². The topological polar surface area (TPSA) is 72.5 Å². The van der Waals surface area contributed by atoms with Gasteiger partial charge in [0.2, 0.25) is 0 Å². The lowest BCUT2D eigenvalue weighted by Gasteiger charge is -2.16. The van der Waals surface area contributed by atoms with Crippen LogP contribution < -0.4 is 10.5 Å². The zero-order valence-corrected chi connectivity index (χ0v) is 10.8. The number of benzene rings is 1. The maximum atomic E-state index is 10.9. The van der Waals surface area contributed by atoms with Crippen LogP contribution >= 0.6 is 23.2 Å². The van der Waals surface area contributed by atoms with Crippen molar-refractivity contribution in [3.05, 3.63) is 22.2 Å². The maximum absolute atomic E-state index is 10.9. The van der Waals surface area contributed by atoms with E-state index in [9.17, 15) is 4.79 Å². The van der Waals surface area contributed by atoms with Gasteiger partial charge in [0.15, 0.2) is 6.10 Å². The number of halogens is 2. The SMILES string of the molecule is CCCC(Oc1cc(Cl)c(Cl)cc1N)C(=O)O. The summed E-state index contributed by atoms with van der Waals surface area (Å²) in [7, 11) is 0. The number of hydrogen-bond acceptors (Lipinski definition) is 3. The molecule has 0 aliphatic heterocycles. The van der Waals surface area contributed by atoms with E-state index in [1.54, 1.807) is 0 Å². The van der Waals surface area contributed by atoms with E-state index in [2.05, 4.69) is 0 Å². The minimum Gasteiger partial charge on any atom is -0.479 e. The number of nitrogens with two attached hydrogens (primary N) is 1. The zero-order chi connectivity index (χ0) is 13.0. The monoisotopic (exact) mass is 277 g/mol. The molecule has 0 aromatic heterocycles. The molecule has 0 saturated heterocycles. The maximum Gasteiger partial charge on any atom is 0.344 e. The Balaban J connectivity index is 2.93. The normalized spacial score (nSPS) is 12.2. The molecule has 0 radical (unpaired) electrons. The highest BCUT2D eigenvalue weighted by molar-refractivity contribution is 6.42. The second kappa shape index (κ2) is 5.98. The highest BCUT2D eigenvalue weighted by Gasteiger charge is 2.19. The minimum atomic E-state index is -1.03. The Hall–Kier alpha value is -1.13. The first-order valence-electron chi connectivity index (χ1n) is 5.09. The summed E-state index contributed by atoms with van der Waals surface area (Å²) >= 11 is 11.6. The fraction of sp³-hybridized carbons (Fsp3) is 0.364. The average molecular weight is 278 g/mol. The van der Waals surface area contributed by atoms with E-state index in [0.29, 0.717) is 17.9 Å². The van der Waals surface area contributed by atoms with Gasteiger partial charge in [-0.2, -0.15) is 0 Å². The van der Waals surface area contributed by atoms with E-state index in [-0.39, 0.29) is 16.5 Å². The van der Waals surface area contributed by atoms with Gasteiger partial charge in [0.05, 0.1) is 15.7 Å². The number of carboxylic acids is 1. The molecular weight excluding hydrogens is 265 g/mol. The Kier molecular flexibility index (Phi) is 4.90. The smallest absolute Gasteiger partial charge is 0.344 e. The molecule has 0 spiro atoms. The summed E-state index contributed by atoms with van der Waals surface area (Å²) in [6, 6.07) is 2.86. The molecule has 1 aromatic rings. The lowest BCUT2D eigenvalue weighted by atomic mass is 10.2. The van der Waals surface area contributed by atoms with Crippen LogP contribution in [0.3, 0.4) is 0 Å². The molecule has 4 nitrogen and oxygen atoms in total. The van der Waals surface area contributed by atoms with E-state index in [4.69, 9.17) is 38.8 Å². The van der Waals surface area contributed by atoms with Gasteiger partial charge in [0.25, 0.3) is 0 Å². The third-order valence-electron chi connectivity index (χ3n) is 2.15. The largest absolute Gasteiger partial charge is 0.479 e. The molecule has 1 unspecified atom stereocenters. The standard InChI is InChI=1S/C11H13Cl2NO3/c1-2-3-9(11(15)16)17-10-5-7(13)6(12)4-8(10)14/h4-5,9H,2-3,14H2,1H3,(H,15,16). The molecule has 1 aromatic carbocycles. The van der Waals surface area contributed by atoms with Gasteiger partial charge in [-0.25, -0.2) is 4.79 Å². The first kappa shape index (κ1) is 13.9. The molecule has 0 amide bonds. The fourth-order valence-electron chi connectivity index (χ4n) is 1.29. The molecule has 0 saturated carbocycles. The van der Waals surface area contributed by atoms with E-state index in [1.807, 2.05) is 6.92 Å².